The molecule has 2 aromatic rings. The molecular formula is C15H20N2O. The van der Waals surface area contributed by atoms with E-state index in [1.165, 1.54) is 21.9 Å². The molecule has 3 heteroatoms. The lowest BCUT2D eigenvalue weighted by Gasteiger charge is -2.31. The van der Waals surface area contributed by atoms with E-state index in [1.807, 2.05) is 0 Å². The molecule has 0 saturated carbocycles. The lowest BCUT2D eigenvalue weighted by molar-refractivity contribution is 0.412. The Morgan fingerprint density at radius 1 is 1.17 bits per heavy atom. The molecule has 1 unspecified atom stereocenters. The molecule has 0 bridgehead atoms. The summed E-state index contributed by atoms with van der Waals surface area (Å²) in [5, 5.41) is 2.63. The van der Waals surface area contributed by atoms with Crippen LogP contribution in [0.1, 0.15) is 18.1 Å². The average Bonchev–Trinajstić information content (AvgIpc) is 2.26. The summed E-state index contributed by atoms with van der Waals surface area (Å²) in [6, 6.07) is 10.6. The molecule has 3 nitrogen and oxygen atoms in total. The molecule has 1 aliphatic rings. The Hall–Kier alpha value is -1.58. The maximum atomic E-state index is 6.32. The second kappa shape index (κ2) is 4.26. The van der Waals surface area contributed by atoms with Gasteiger partial charge < -0.3 is 16.6 Å². The molecule has 0 aromatic heterocycles. The maximum absolute atomic E-state index is 6.32. The summed E-state index contributed by atoms with van der Waals surface area (Å²) in [6.45, 7) is 2.12. The summed E-state index contributed by atoms with van der Waals surface area (Å²) in [4.78, 5) is 0. The summed E-state index contributed by atoms with van der Waals surface area (Å²) in [7, 11) is 1.71. The van der Waals surface area contributed by atoms with Crippen LogP contribution in [0.25, 0.3) is 10.8 Å². The molecule has 18 heavy (non-hydrogen) atoms. The Bertz CT molecular complexity index is 590. The van der Waals surface area contributed by atoms with Crippen LogP contribution >= 0.6 is 0 Å². The SMILES string of the molecule is COc1cc2c3c(cccc3c1)CC(C)(N)C2.N. The molecule has 0 radical (unpaired) electrons. The van der Waals surface area contributed by atoms with Crippen molar-refractivity contribution in [3.05, 3.63) is 41.5 Å². The van der Waals surface area contributed by atoms with E-state index in [2.05, 4.69) is 37.3 Å². The van der Waals surface area contributed by atoms with Crippen molar-refractivity contribution in [2.45, 2.75) is 25.3 Å². The minimum absolute atomic E-state index is 0. The number of hydrogen-bond donors (Lipinski definition) is 2. The third-order valence-corrected chi connectivity index (χ3v) is 3.54. The Kier molecular flexibility index (Phi) is 3.05. The van der Waals surface area contributed by atoms with E-state index in [9.17, 15) is 0 Å². The van der Waals surface area contributed by atoms with Gasteiger partial charge in [-0.1, -0.05) is 18.2 Å². The third-order valence-electron chi connectivity index (χ3n) is 3.54. The molecule has 0 spiro atoms. The maximum Gasteiger partial charge on any atom is 0.119 e. The molecule has 5 N–H and O–H groups in total. The van der Waals surface area contributed by atoms with Crippen LogP contribution in [0.3, 0.4) is 0 Å². The molecule has 0 heterocycles. The summed E-state index contributed by atoms with van der Waals surface area (Å²) in [5.74, 6) is 0.919. The van der Waals surface area contributed by atoms with Crippen LogP contribution in [-0.2, 0) is 12.8 Å². The topological polar surface area (TPSA) is 70.2 Å². The minimum atomic E-state index is -0.145. The van der Waals surface area contributed by atoms with E-state index in [0.717, 1.165) is 18.6 Å². The normalized spacial score (nSPS) is 21.5. The van der Waals surface area contributed by atoms with Crippen molar-refractivity contribution in [2.75, 3.05) is 7.11 Å². The molecule has 2 aromatic carbocycles. The average molecular weight is 244 g/mol. The van der Waals surface area contributed by atoms with Gasteiger partial charge in [-0.2, -0.15) is 0 Å². The largest absolute Gasteiger partial charge is 0.497 e. The smallest absolute Gasteiger partial charge is 0.119 e. The first-order valence-corrected chi connectivity index (χ1v) is 5.96. The van der Waals surface area contributed by atoms with Crippen molar-refractivity contribution in [2.24, 2.45) is 5.73 Å². The Morgan fingerprint density at radius 2 is 1.89 bits per heavy atom. The first-order valence-electron chi connectivity index (χ1n) is 5.96. The second-order valence-electron chi connectivity index (χ2n) is 5.31. The third kappa shape index (κ3) is 1.96. The van der Waals surface area contributed by atoms with E-state index in [1.54, 1.807) is 7.11 Å². The zero-order valence-corrected chi connectivity index (χ0v) is 11.0. The number of nitrogens with two attached hydrogens (primary N) is 1. The molecular weight excluding hydrogens is 224 g/mol. The van der Waals surface area contributed by atoms with Crippen molar-refractivity contribution in [3.8, 4) is 5.75 Å². The predicted octanol–water partition coefficient (Wildman–Crippen LogP) is 2.83. The zero-order chi connectivity index (χ0) is 12.0. The van der Waals surface area contributed by atoms with Crippen molar-refractivity contribution in [1.29, 1.82) is 0 Å². The predicted molar refractivity (Wildman–Crippen MR) is 75.5 cm³/mol. The minimum Gasteiger partial charge on any atom is -0.497 e. The number of ether oxygens (including phenoxy) is 1. The van der Waals surface area contributed by atoms with Crippen LogP contribution in [0, 0.1) is 0 Å². The van der Waals surface area contributed by atoms with Gasteiger partial charge in [0.05, 0.1) is 7.11 Å². The van der Waals surface area contributed by atoms with Gasteiger partial charge in [-0.15, -0.1) is 0 Å². The molecule has 3 rings (SSSR count). The van der Waals surface area contributed by atoms with Gasteiger partial charge in [-0.05, 0) is 53.8 Å². The van der Waals surface area contributed by atoms with Crippen LogP contribution in [-0.4, -0.2) is 12.6 Å². The summed E-state index contributed by atoms with van der Waals surface area (Å²) in [5.41, 5.74) is 8.84. The van der Waals surface area contributed by atoms with E-state index in [-0.39, 0.29) is 11.7 Å². The van der Waals surface area contributed by atoms with E-state index >= 15 is 0 Å². The van der Waals surface area contributed by atoms with Crippen LogP contribution in [0.15, 0.2) is 30.3 Å². The molecule has 96 valence electrons. The number of rotatable bonds is 1. The second-order valence-corrected chi connectivity index (χ2v) is 5.31. The fourth-order valence-corrected chi connectivity index (χ4v) is 2.91. The van der Waals surface area contributed by atoms with Crippen molar-refractivity contribution < 1.29 is 4.74 Å². The van der Waals surface area contributed by atoms with Crippen molar-refractivity contribution in [3.63, 3.8) is 0 Å². The highest BCUT2D eigenvalue weighted by Crippen LogP contribution is 2.35. The quantitative estimate of drug-likeness (QED) is 0.810. The van der Waals surface area contributed by atoms with Gasteiger partial charge in [0.1, 0.15) is 5.75 Å². The number of hydrogen-bond acceptors (Lipinski definition) is 3. The van der Waals surface area contributed by atoms with E-state index in [0.29, 0.717) is 0 Å². The molecule has 0 saturated heterocycles. The van der Waals surface area contributed by atoms with Gasteiger partial charge in [0.15, 0.2) is 0 Å². The molecule has 1 aliphatic carbocycles. The molecule has 0 aliphatic heterocycles. The summed E-state index contributed by atoms with van der Waals surface area (Å²) < 4.78 is 5.36. The fraction of sp³-hybridized carbons (Fsp3) is 0.333. The highest BCUT2D eigenvalue weighted by atomic mass is 16.5. The van der Waals surface area contributed by atoms with Crippen molar-refractivity contribution >= 4 is 10.8 Å². The highest BCUT2D eigenvalue weighted by Gasteiger charge is 2.27. The van der Waals surface area contributed by atoms with Crippen LogP contribution in [0.4, 0.5) is 0 Å². The van der Waals surface area contributed by atoms with Crippen LogP contribution in [0.2, 0.25) is 0 Å². The first kappa shape index (κ1) is 12.9. The van der Waals surface area contributed by atoms with Gasteiger partial charge in [0.2, 0.25) is 0 Å². The Labute approximate surface area is 108 Å². The number of methoxy groups -OCH3 is 1. The first-order chi connectivity index (χ1) is 8.09. The monoisotopic (exact) mass is 244 g/mol. The molecule has 0 amide bonds. The van der Waals surface area contributed by atoms with Crippen molar-refractivity contribution in [1.82, 2.24) is 6.15 Å². The van der Waals surface area contributed by atoms with Gasteiger partial charge in [-0.25, -0.2) is 0 Å². The Morgan fingerprint density at radius 3 is 2.61 bits per heavy atom. The highest BCUT2D eigenvalue weighted by molar-refractivity contribution is 5.91. The molecule has 0 fully saturated rings. The van der Waals surface area contributed by atoms with Gasteiger partial charge in [-0.3, -0.25) is 0 Å². The summed E-state index contributed by atoms with van der Waals surface area (Å²) >= 11 is 0. The fourth-order valence-electron chi connectivity index (χ4n) is 2.91. The van der Waals surface area contributed by atoms with Gasteiger partial charge in [0.25, 0.3) is 0 Å². The molecule has 1 atom stereocenters. The van der Waals surface area contributed by atoms with E-state index in [4.69, 9.17) is 10.5 Å². The van der Waals surface area contributed by atoms with Gasteiger partial charge >= 0.3 is 0 Å². The lowest BCUT2D eigenvalue weighted by Crippen LogP contribution is -2.42. The lowest BCUT2D eigenvalue weighted by atomic mass is 9.78. The van der Waals surface area contributed by atoms with Crippen LogP contribution in [0.5, 0.6) is 5.75 Å². The van der Waals surface area contributed by atoms with E-state index < -0.39 is 0 Å². The van der Waals surface area contributed by atoms with Crippen LogP contribution < -0.4 is 16.6 Å². The van der Waals surface area contributed by atoms with Gasteiger partial charge in [0, 0.05) is 5.54 Å². The number of benzene rings is 2. The summed E-state index contributed by atoms with van der Waals surface area (Å²) in [6.07, 6.45) is 1.86. The zero-order valence-electron chi connectivity index (χ0n) is 11.0. The standard InChI is InChI=1S/C15H17NO.H3N/c1-15(16)8-11-5-3-4-10-6-13(17-2)7-12(9-15)14(10)11;/h3-7H,8-9,16H2,1-2H3;1H3. The Balaban J connectivity index is 0.00000120.